The smallest absolute Gasteiger partial charge is 0.228 e. The maximum Gasteiger partial charge on any atom is 0.228 e. The molecular weight excluding hydrogens is 216 g/mol. The summed E-state index contributed by atoms with van der Waals surface area (Å²) in [5.41, 5.74) is 0.791. The standard InChI is InChI=1S/C13H18N2O2/c16-9-8-15(12-5-3-6-12)13(17)10-11-4-1-2-7-14-11/h1-2,4,7,12,16H,3,5-6,8-10H2. The largest absolute Gasteiger partial charge is 0.395 e. The van der Waals surface area contributed by atoms with Crippen molar-refractivity contribution in [2.45, 2.75) is 31.7 Å². The van der Waals surface area contributed by atoms with Crippen molar-refractivity contribution in [2.24, 2.45) is 0 Å². The topological polar surface area (TPSA) is 53.4 Å². The second-order valence-corrected chi connectivity index (χ2v) is 4.39. The van der Waals surface area contributed by atoms with Gasteiger partial charge in [0.15, 0.2) is 0 Å². The molecule has 0 radical (unpaired) electrons. The Labute approximate surface area is 101 Å². The van der Waals surface area contributed by atoms with Gasteiger partial charge >= 0.3 is 0 Å². The van der Waals surface area contributed by atoms with Gasteiger partial charge in [0.1, 0.15) is 0 Å². The zero-order valence-electron chi connectivity index (χ0n) is 9.88. The third-order valence-corrected chi connectivity index (χ3v) is 3.24. The number of rotatable bonds is 5. The van der Waals surface area contributed by atoms with Crippen molar-refractivity contribution in [2.75, 3.05) is 13.2 Å². The Hall–Kier alpha value is -1.42. The predicted octanol–water partition coefficient (Wildman–Crippen LogP) is 0.998. The number of amides is 1. The summed E-state index contributed by atoms with van der Waals surface area (Å²) < 4.78 is 0. The molecule has 1 heterocycles. The summed E-state index contributed by atoms with van der Waals surface area (Å²) in [6.45, 7) is 0.473. The molecule has 1 aliphatic rings. The average Bonchev–Trinajstić information content (AvgIpc) is 2.27. The number of hydrogen-bond donors (Lipinski definition) is 1. The highest BCUT2D eigenvalue weighted by molar-refractivity contribution is 5.78. The lowest BCUT2D eigenvalue weighted by molar-refractivity contribution is -0.135. The molecule has 1 fully saturated rings. The van der Waals surface area contributed by atoms with E-state index in [0.29, 0.717) is 19.0 Å². The molecule has 1 saturated carbocycles. The molecule has 2 rings (SSSR count). The molecular formula is C13H18N2O2. The zero-order chi connectivity index (χ0) is 12.1. The minimum absolute atomic E-state index is 0.0322. The first-order valence-corrected chi connectivity index (χ1v) is 6.11. The van der Waals surface area contributed by atoms with Gasteiger partial charge < -0.3 is 10.0 Å². The van der Waals surface area contributed by atoms with Crippen molar-refractivity contribution in [3.8, 4) is 0 Å². The molecule has 0 atom stereocenters. The Morgan fingerprint density at radius 3 is 2.82 bits per heavy atom. The maximum atomic E-state index is 12.1. The van der Waals surface area contributed by atoms with E-state index in [9.17, 15) is 4.79 Å². The van der Waals surface area contributed by atoms with Crippen LogP contribution in [0.4, 0.5) is 0 Å². The molecule has 92 valence electrons. The summed E-state index contributed by atoms with van der Waals surface area (Å²) >= 11 is 0. The van der Waals surface area contributed by atoms with Crippen LogP contribution in [-0.4, -0.2) is 40.1 Å². The van der Waals surface area contributed by atoms with Crippen LogP contribution in [-0.2, 0) is 11.2 Å². The van der Waals surface area contributed by atoms with Gasteiger partial charge in [-0.2, -0.15) is 0 Å². The first-order chi connectivity index (χ1) is 8.31. The predicted molar refractivity (Wildman–Crippen MR) is 64.4 cm³/mol. The van der Waals surface area contributed by atoms with Crippen molar-refractivity contribution in [3.05, 3.63) is 30.1 Å². The van der Waals surface area contributed by atoms with Crippen LogP contribution in [0.25, 0.3) is 0 Å². The molecule has 4 heteroatoms. The lowest BCUT2D eigenvalue weighted by atomic mass is 9.91. The SMILES string of the molecule is O=C(Cc1ccccn1)N(CCO)C1CCC1. The molecule has 17 heavy (non-hydrogen) atoms. The fourth-order valence-corrected chi connectivity index (χ4v) is 2.08. The summed E-state index contributed by atoms with van der Waals surface area (Å²) in [6, 6.07) is 5.91. The second kappa shape index (κ2) is 5.77. The molecule has 1 aliphatic carbocycles. The van der Waals surface area contributed by atoms with Crippen LogP contribution < -0.4 is 0 Å². The van der Waals surface area contributed by atoms with Crippen LogP contribution in [0.3, 0.4) is 0 Å². The van der Waals surface area contributed by atoms with Crippen LogP contribution in [0.15, 0.2) is 24.4 Å². The summed E-state index contributed by atoms with van der Waals surface area (Å²) in [6.07, 6.45) is 5.34. The quantitative estimate of drug-likeness (QED) is 0.827. The van der Waals surface area contributed by atoms with Gasteiger partial charge in [-0.3, -0.25) is 9.78 Å². The van der Waals surface area contributed by atoms with E-state index in [4.69, 9.17) is 5.11 Å². The van der Waals surface area contributed by atoms with Crippen molar-refractivity contribution in [1.82, 2.24) is 9.88 Å². The van der Waals surface area contributed by atoms with Crippen molar-refractivity contribution in [1.29, 1.82) is 0 Å². The number of carbonyl (C=O) groups is 1. The van der Waals surface area contributed by atoms with Crippen molar-refractivity contribution in [3.63, 3.8) is 0 Å². The molecule has 0 bridgehead atoms. The number of aliphatic hydroxyl groups is 1. The van der Waals surface area contributed by atoms with Crippen LogP contribution in [0.2, 0.25) is 0 Å². The van der Waals surface area contributed by atoms with Gasteiger partial charge in [-0.05, 0) is 31.4 Å². The van der Waals surface area contributed by atoms with Crippen molar-refractivity contribution < 1.29 is 9.90 Å². The monoisotopic (exact) mass is 234 g/mol. The van der Waals surface area contributed by atoms with E-state index in [2.05, 4.69) is 4.98 Å². The third-order valence-electron chi connectivity index (χ3n) is 3.24. The second-order valence-electron chi connectivity index (χ2n) is 4.39. The first-order valence-electron chi connectivity index (χ1n) is 6.11. The Kier molecular flexibility index (Phi) is 4.09. The maximum absolute atomic E-state index is 12.1. The van der Waals surface area contributed by atoms with Crippen LogP contribution in [0, 0.1) is 0 Å². The lowest BCUT2D eigenvalue weighted by Crippen LogP contribution is -2.46. The number of aromatic nitrogens is 1. The molecule has 0 spiro atoms. The molecule has 0 aliphatic heterocycles. The van der Waals surface area contributed by atoms with E-state index in [1.54, 1.807) is 11.1 Å². The van der Waals surface area contributed by atoms with E-state index in [0.717, 1.165) is 18.5 Å². The van der Waals surface area contributed by atoms with E-state index in [1.165, 1.54) is 6.42 Å². The summed E-state index contributed by atoms with van der Waals surface area (Å²) in [5.74, 6) is 0.0717. The van der Waals surface area contributed by atoms with E-state index < -0.39 is 0 Å². The average molecular weight is 234 g/mol. The molecule has 4 nitrogen and oxygen atoms in total. The molecule has 1 aromatic rings. The fraction of sp³-hybridized carbons (Fsp3) is 0.538. The van der Waals surface area contributed by atoms with E-state index >= 15 is 0 Å². The fourth-order valence-electron chi connectivity index (χ4n) is 2.08. The lowest BCUT2D eigenvalue weighted by Gasteiger charge is -2.37. The molecule has 1 aromatic heterocycles. The van der Waals surface area contributed by atoms with Gasteiger partial charge in [0.2, 0.25) is 5.91 Å². The van der Waals surface area contributed by atoms with Gasteiger partial charge in [-0.25, -0.2) is 0 Å². The highest BCUT2D eigenvalue weighted by Gasteiger charge is 2.28. The summed E-state index contributed by atoms with van der Waals surface area (Å²) in [5, 5.41) is 9.01. The third kappa shape index (κ3) is 3.03. The molecule has 1 N–H and O–H groups in total. The number of pyridine rings is 1. The van der Waals surface area contributed by atoms with Gasteiger partial charge in [-0.1, -0.05) is 6.07 Å². The summed E-state index contributed by atoms with van der Waals surface area (Å²) in [7, 11) is 0. The number of aliphatic hydroxyl groups excluding tert-OH is 1. The number of nitrogens with zero attached hydrogens (tertiary/aromatic N) is 2. The first kappa shape index (κ1) is 12.0. The van der Waals surface area contributed by atoms with Gasteiger partial charge in [0.05, 0.1) is 13.0 Å². The Morgan fingerprint density at radius 1 is 1.47 bits per heavy atom. The Bertz CT molecular complexity index is 363. The Balaban J connectivity index is 1.96. The highest BCUT2D eigenvalue weighted by atomic mass is 16.3. The summed E-state index contributed by atoms with van der Waals surface area (Å²) in [4.78, 5) is 18.1. The van der Waals surface area contributed by atoms with Crippen LogP contribution in [0.1, 0.15) is 25.0 Å². The van der Waals surface area contributed by atoms with Crippen molar-refractivity contribution >= 4 is 5.91 Å². The van der Waals surface area contributed by atoms with Crippen LogP contribution in [0.5, 0.6) is 0 Å². The molecule has 1 amide bonds. The van der Waals surface area contributed by atoms with Gasteiger partial charge in [0, 0.05) is 24.5 Å². The van der Waals surface area contributed by atoms with Gasteiger partial charge in [-0.15, -0.1) is 0 Å². The normalized spacial score (nSPS) is 15.4. The molecule has 0 aromatic carbocycles. The zero-order valence-corrected chi connectivity index (χ0v) is 9.88. The Morgan fingerprint density at radius 2 is 2.29 bits per heavy atom. The minimum Gasteiger partial charge on any atom is -0.395 e. The number of carbonyl (C=O) groups excluding carboxylic acids is 1. The van der Waals surface area contributed by atoms with Gasteiger partial charge in [0.25, 0.3) is 0 Å². The van der Waals surface area contributed by atoms with E-state index in [-0.39, 0.29) is 12.5 Å². The molecule has 0 saturated heterocycles. The molecule has 0 unspecified atom stereocenters. The van der Waals surface area contributed by atoms with E-state index in [1.807, 2.05) is 18.2 Å². The number of hydrogen-bond acceptors (Lipinski definition) is 3. The minimum atomic E-state index is 0.0322. The van der Waals surface area contributed by atoms with Crippen LogP contribution >= 0.6 is 0 Å². The highest BCUT2D eigenvalue weighted by Crippen LogP contribution is 2.25.